The molecule has 80 valence electrons. The summed E-state index contributed by atoms with van der Waals surface area (Å²) in [6.07, 6.45) is 0. The SMILES string of the molecule is Cc1c(C)c(C)c(C#CCCl)c(C)c1C. The Hall–Kier alpha value is -0.930. The van der Waals surface area contributed by atoms with Crippen molar-refractivity contribution in [2.45, 2.75) is 34.6 Å². The molecule has 0 saturated carbocycles. The van der Waals surface area contributed by atoms with Crippen LogP contribution < -0.4 is 0 Å². The van der Waals surface area contributed by atoms with E-state index in [1.807, 2.05) is 0 Å². The van der Waals surface area contributed by atoms with Crippen LogP contribution in [0.25, 0.3) is 0 Å². The predicted octanol–water partition coefficient (Wildman–Crippen LogP) is 3.82. The standard InChI is InChI=1S/C14H17Cl/c1-9-10(2)12(4)14(7-6-8-15)13(5)11(9)3/h8H2,1-5H3. The zero-order valence-corrected chi connectivity index (χ0v) is 10.8. The van der Waals surface area contributed by atoms with Crippen molar-refractivity contribution in [2.75, 3.05) is 5.88 Å². The van der Waals surface area contributed by atoms with Crippen LogP contribution >= 0.6 is 11.6 Å². The molecule has 1 aromatic rings. The fourth-order valence-corrected chi connectivity index (χ4v) is 1.88. The Kier molecular flexibility index (Phi) is 3.83. The van der Waals surface area contributed by atoms with Crippen molar-refractivity contribution in [3.8, 4) is 11.8 Å². The Morgan fingerprint density at radius 1 is 0.800 bits per heavy atom. The zero-order chi connectivity index (χ0) is 11.6. The molecule has 0 fully saturated rings. The third-order valence-electron chi connectivity index (χ3n) is 3.28. The van der Waals surface area contributed by atoms with Gasteiger partial charge in [-0.2, -0.15) is 0 Å². The van der Waals surface area contributed by atoms with Crippen LogP contribution in [0.3, 0.4) is 0 Å². The normalized spacial score (nSPS) is 9.73. The molecule has 0 saturated heterocycles. The molecule has 0 radical (unpaired) electrons. The zero-order valence-electron chi connectivity index (χ0n) is 10.1. The average molecular weight is 221 g/mol. The highest BCUT2D eigenvalue weighted by molar-refractivity contribution is 6.19. The van der Waals surface area contributed by atoms with Crippen LogP contribution in [0, 0.1) is 46.5 Å². The average Bonchev–Trinajstić information content (AvgIpc) is 2.24. The van der Waals surface area contributed by atoms with E-state index in [1.165, 1.54) is 27.8 Å². The molecule has 0 N–H and O–H groups in total. The molecule has 0 amide bonds. The van der Waals surface area contributed by atoms with Crippen LogP contribution in [0.1, 0.15) is 33.4 Å². The second kappa shape index (κ2) is 4.73. The highest BCUT2D eigenvalue weighted by Gasteiger charge is 2.09. The van der Waals surface area contributed by atoms with Gasteiger partial charge in [0.05, 0.1) is 5.88 Å². The monoisotopic (exact) mass is 220 g/mol. The maximum absolute atomic E-state index is 5.59. The van der Waals surface area contributed by atoms with Gasteiger partial charge >= 0.3 is 0 Å². The first-order chi connectivity index (χ1) is 7.00. The number of halogens is 1. The molecule has 0 atom stereocenters. The van der Waals surface area contributed by atoms with Gasteiger partial charge in [-0.3, -0.25) is 0 Å². The minimum absolute atomic E-state index is 0.394. The lowest BCUT2D eigenvalue weighted by atomic mass is 9.90. The molecule has 0 bridgehead atoms. The highest BCUT2D eigenvalue weighted by atomic mass is 35.5. The van der Waals surface area contributed by atoms with Crippen molar-refractivity contribution >= 4 is 11.6 Å². The Labute approximate surface area is 97.7 Å². The largest absolute Gasteiger partial charge is 0.113 e. The van der Waals surface area contributed by atoms with Crippen LogP contribution in [0.5, 0.6) is 0 Å². The maximum atomic E-state index is 5.59. The van der Waals surface area contributed by atoms with Gasteiger partial charge in [0.25, 0.3) is 0 Å². The van der Waals surface area contributed by atoms with E-state index in [9.17, 15) is 0 Å². The molecule has 0 unspecified atom stereocenters. The summed E-state index contributed by atoms with van der Waals surface area (Å²) in [6.45, 7) is 10.7. The molecule has 1 heteroatoms. The Morgan fingerprint density at radius 3 is 1.60 bits per heavy atom. The molecule has 1 rings (SSSR count). The first-order valence-corrected chi connectivity index (χ1v) is 5.66. The Bertz CT molecular complexity index is 416. The van der Waals surface area contributed by atoms with Crippen LogP contribution in [0.2, 0.25) is 0 Å². The molecular weight excluding hydrogens is 204 g/mol. The van der Waals surface area contributed by atoms with Gasteiger partial charge in [-0.25, -0.2) is 0 Å². The first kappa shape index (κ1) is 12.1. The minimum Gasteiger partial charge on any atom is -0.113 e. The molecule has 0 heterocycles. The lowest BCUT2D eigenvalue weighted by Crippen LogP contribution is -1.99. The fourth-order valence-electron chi connectivity index (χ4n) is 1.81. The number of rotatable bonds is 0. The van der Waals surface area contributed by atoms with E-state index in [-0.39, 0.29) is 0 Å². The Morgan fingerprint density at radius 2 is 1.20 bits per heavy atom. The molecule has 15 heavy (non-hydrogen) atoms. The van der Waals surface area contributed by atoms with E-state index < -0.39 is 0 Å². The second-order valence-corrected chi connectivity index (χ2v) is 4.20. The summed E-state index contributed by atoms with van der Waals surface area (Å²) < 4.78 is 0. The van der Waals surface area contributed by atoms with Crippen molar-refractivity contribution in [3.05, 3.63) is 33.4 Å². The third kappa shape index (κ3) is 2.19. The van der Waals surface area contributed by atoms with E-state index in [4.69, 9.17) is 11.6 Å². The van der Waals surface area contributed by atoms with Crippen molar-refractivity contribution in [1.82, 2.24) is 0 Å². The molecule has 0 aromatic heterocycles. The molecule has 0 nitrogen and oxygen atoms in total. The van der Waals surface area contributed by atoms with Gasteiger partial charge in [0.15, 0.2) is 0 Å². The number of hydrogen-bond acceptors (Lipinski definition) is 0. The first-order valence-electron chi connectivity index (χ1n) is 5.12. The van der Waals surface area contributed by atoms with Gasteiger partial charge in [-0.15, -0.1) is 11.6 Å². The van der Waals surface area contributed by atoms with E-state index in [1.54, 1.807) is 0 Å². The highest BCUT2D eigenvalue weighted by Crippen LogP contribution is 2.25. The summed E-state index contributed by atoms with van der Waals surface area (Å²) in [5.41, 5.74) is 7.79. The molecule has 0 aliphatic heterocycles. The Balaban J connectivity index is 3.52. The van der Waals surface area contributed by atoms with E-state index in [2.05, 4.69) is 46.5 Å². The van der Waals surface area contributed by atoms with Crippen molar-refractivity contribution in [3.63, 3.8) is 0 Å². The second-order valence-electron chi connectivity index (χ2n) is 3.94. The third-order valence-corrected chi connectivity index (χ3v) is 3.41. The molecule has 0 aliphatic rings. The lowest BCUT2D eigenvalue weighted by molar-refractivity contribution is 1.16. The van der Waals surface area contributed by atoms with Gasteiger partial charge in [-0.05, 0) is 62.4 Å². The molecular formula is C14H17Cl. The van der Waals surface area contributed by atoms with Crippen LogP contribution in [-0.2, 0) is 0 Å². The summed E-state index contributed by atoms with van der Waals surface area (Å²) in [5.74, 6) is 6.49. The predicted molar refractivity (Wildman–Crippen MR) is 67.7 cm³/mol. The minimum atomic E-state index is 0.394. The van der Waals surface area contributed by atoms with Crippen molar-refractivity contribution in [1.29, 1.82) is 0 Å². The smallest absolute Gasteiger partial charge is 0.0839 e. The summed E-state index contributed by atoms with van der Waals surface area (Å²) in [5, 5.41) is 0. The van der Waals surface area contributed by atoms with Crippen LogP contribution in [-0.4, -0.2) is 5.88 Å². The summed E-state index contributed by atoms with van der Waals surface area (Å²) >= 11 is 5.59. The van der Waals surface area contributed by atoms with Crippen LogP contribution in [0.4, 0.5) is 0 Å². The van der Waals surface area contributed by atoms with Crippen LogP contribution in [0.15, 0.2) is 0 Å². The van der Waals surface area contributed by atoms with Crippen molar-refractivity contribution < 1.29 is 0 Å². The van der Waals surface area contributed by atoms with E-state index in [0.717, 1.165) is 5.56 Å². The van der Waals surface area contributed by atoms with Gasteiger partial charge in [0.2, 0.25) is 0 Å². The van der Waals surface area contributed by atoms with E-state index in [0.29, 0.717) is 5.88 Å². The van der Waals surface area contributed by atoms with Gasteiger partial charge in [0.1, 0.15) is 0 Å². The number of hydrogen-bond donors (Lipinski definition) is 0. The van der Waals surface area contributed by atoms with E-state index >= 15 is 0 Å². The van der Waals surface area contributed by atoms with Gasteiger partial charge in [-0.1, -0.05) is 11.8 Å². The quantitative estimate of drug-likeness (QED) is 0.461. The summed E-state index contributed by atoms with van der Waals surface area (Å²) in [7, 11) is 0. The summed E-state index contributed by atoms with van der Waals surface area (Å²) in [6, 6.07) is 0. The molecule has 0 spiro atoms. The molecule has 1 aromatic carbocycles. The number of alkyl halides is 1. The maximum Gasteiger partial charge on any atom is 0.0839 e. The van der Waals surface area contributed by atoms with Gasteiger partial charge in [0, 0.05) is 5.56 Å². The lowest BCUT2D eigenvalue weighted by Gasteiger charge is -2.14. The van der Waals surface area contributed by atoms with Gasteiger partial charge < -0.3 is 0 Å². The summed E-state index contributed by atoms with van der Waals surface area (Å²) in [4.78, 5) is 0. The number of benzene rings is 1. The topological polar surface area (TPSA) is 0 Å². The molecule has 0 aliphatic carbocycles. The fraction of sp³-hybridized carbons (Fsp3) is 0.429. The van der Waals surface area contributed by atoms with Crippen molar-refractivity contribution in [2.24, 2.45) is 0 Å².